The lowest BCUT2D eigenvalue weighted by Crippen LogP contribution is -2.33. The van der Waals surface area contributed by atoms with Gasteiger partial charge in [0.15, 0.2) is 0 Å². The Balaban J connectivity index is 1.72. The molecule has 1 nitrogen and oxygen atoms in total. The van der Waals surface area contributed by atoms with Crippen LogP contribution in [0, 0.1) is 23.7 Å². The molecule has 2 unspecified atom stereocenters. The SMILES string of the molecule is N[C@H]1CC[C@@H]2CC3C[C@@H](CC1)C3C2. The van der Waals surface area contributed by atoms with E-state index in [2.05, 4.69) is 0 Å². The van der Waals surface area contributed by atoms with Gasteiger partial charge in [-0.2, -0.15) is 0 Å². The van der Waals surface area contributed by atoms with Gasteiger partial charge in [0.05, 0.1) is 0 Å². The van der Waals surface area contributed by atoms with E-state index >= 15 is 0 Å². The second-order valence-corrected chi connectivity index (χ2v) is 5.67. The molecular weight excluding hydrogens is 158 g/mol. The summed E-state index contributed by atoms with van der Waals surface area (Å²) in [5.74, 6) is 4.42. The smallest absolute Gasteiger partial charge is 0.00390 e. The molecule has 0 amide bonds. The fourth-order valence-electron chi connectivity index (χ4n) is 4.08. The molecule has 3 aliphatic rings. The maximum atomic E-state index is 6.08. The molecule has 3 saturated carbocycles. The van der Waals surface area contributed by atoms with Crippen LogP contribution in [0.15, 0.2) is 0 Å². The van der Waals surface area contributed by atoms with Gasteiger partial charge >= 0.3 is 0 Å². The van der Waals surface area contributed by atoms with Crippen LogP contribution >= 0.6 is 0 Å². The van der Waals surface area contributed by atoms with Crippen molar-refractivity contribution in [2.75, 3.05) is 0 Å². The van der Waals surface area contributed by atoms with Gasteiger partial charge < -0.3 is 5.73 Å². The molecule has 3 fully saturated rings. The van der Waals surface area contributed by atoms with Crippen molar-refractivity contribution in [2.45, 2.75) is 51.0 Å². The molecule has 3 rings (SSSR count). The minimum Gasteiger partial charge on any atom is -0.328 e. The van der Waals surface area contributed by atoms with E-state index in [0.29, 0.717) is 6.04 Å². The molecule has 0 heterocycles. The van der Waals surface area contributed by atoms with E-state index in [-0.39, 0.29) is 0 Å². The van der Waals surface area contributed by atoms with Crippen LogP contribution in [0.1, 0.15) is 44.9 Å². The first kappa shape index (κ1) is 8.28. The van der Waals surface area contributed by atoms with Gasteiger partial charge in [-0.25, -0.2) is 0 Å². The summed E-state index contributed by atoms with van der Waals surface area (Å²) < 4.78 is 0. The molecule has 0 aliphatic heterocycles. The van der Waals surface area contributed by atoms with Crippen LogP contribution in [0.3, 0.4) is 0 Å². The van der Waals surface area contributed by atoms with Crippen LogP contribution in [0.25, 0.3) is 0 Å². The molecule has 3 aliphatic carbocycles. The summed E-state index contributed by atoms with van der Waals surface area (Å²) >= 11 is 0. The average Bonchev–Trinajstić information content (AvgIpc) is 2.44. The van der Waals surface area contributed by atoms with E-state index in [1.165, 1.54) is 25.7 Å². The Morgan fingerprint density at radius 2 is 1.62 bits per heavy atom. The lowest BCUT2D eigenvalue weighted by Gasteiger charge is -2.41. The molecule has 0 spiro atoms. The average molecular weight is 179 g/mol. The lowest BCUT2D eigenvalue weighted by atomic mass is 9.65. The van der Waals surface area contributed by atoms with Crippen LogP contribution in [-0.4, -0.2) is 6.04 Å². The lowest BCUT2D eigenvalue weighted by molar-refractivity contribution is 0.0911. The standard InChI is InChI=1S/C12H21N/c13-11-3-1-8-5-10-7-9(2-4-11)12(10)6-8/h8-12H,1-7,13H2/t8-,9-,10?,11+,12?/m1/s1. The fraction of sp³-hybridized carbons (Fsp3) is 1.00. The van der Waals surface area contributed by atoms with Crippen molar-refractivity contribution in [2.24, 2.45) is 29.4 Å². The highest BCUT2D eigenvalue weighted by Crippen LogP contribution is 2.56. The summed E-state index contributed by atoms with van der Waals surface area (Å²) in [5, 5.41) is 0. The minimum atomic E-state index is 0.526. The van der Waals surface area contributed by atoms with E-state index < -0.39 is 0 Å². The third kappa shape index (κ3) is 1.32. The maximum absolute atomic E-state index is 6.08. The van der Waals surface area contributed by atoms with Gasteiger partial charge in [0.2, 0.25) is 0 Å². The van der Waals surface area contributed by atoms with Crippen molar-refractivity contribution in [3.8, 4) is 0 Å². The Hall–Kier alpha value is -0.0400. The third-order valence-corrected chi connectivity index (χ3v) is 4.91. The Morgan fingerprint density at radius 1 is 0.769 bits per heavy atom. The second kappa shape index (κ2) is 2.98. The molecule has 2 N–H and O–H groups in total. The molecule has 13 heavy (non-hydrogen) atoms. The van der Waals surface area contributed by atoms with Gasteiger partial charge in [0.1, 0.15) is 0 Å². The molecular formula is C12H21N. The normalized spacial score (nSPS) is 54.7. The number of rotatable bonds is 0. The van der Waals surface area contributed by atoms with Gasteiger partial charge in [-0.05, 0) is 68.6 Å². The molecule has 0 aromatic heterocycles. The van der Waals surface area contributed by atoms with E-state index in [9.17, 15) is 0 Å². The number of fused-ring (bicyclic) bond motifs is 1. The summed E-state index contributed by atoms with van der Waals surface area (Å²) in [6.07, 6.45) is 10.1. The third-order valence-electron chi connectivity index (χ3n) is 4.91. The molecule has 0 radical (unpaired) electrons. The number of hydrogen-bond donors (Lipinski definition) is 1. The molecule has 74 valence electrons. The summed E-state index contributed by atoms with van der Waals surface area (Å²) in [7, 11) is 0. The van der Waals surface area contributed by atoms with Gasteiger partial charge in [-0.3, -0.25) is 0 Å². The summed E-state index contributed by atoms with van der Waals surface area (Å²) in [6.45, 7) is 0. The second-order valence-electron chi connectivity index (χ2n) is 5.67. The predicted molar refractivity (Wildman–Crippen MR) is 54.3 cm³/mol. The Labute approximate surface area is 81.1 Å². The maximum Gasteiger partial charge on any atom is 0.00390 e. The van der Waals surface area contributed by atoms with Crippen molar-refractivity contribution < 1.29 is 0 Å². The first-order valence-corrected chi connectivity index (χ1v) is 6.08. The molecule has 0 saturated heterocycles. The van der Waals surface area contributed by atoms with Crippen molar-refractivity contribution in [3.05, 3.63) is 0 Å². The minimum absolute atomic E-state index is 0.526. The predicted octanol–water partition coefficient (Wildman–Crippen LogP) is 2.55. The highest BCUT2D eigenvalue weighted by molar-refractivity contribution is 4.97. The van der Waals surface area contributed by atoms with Crippen molar-refractivity contribution in [3.63, 3.8) is 0 Å². The zero-order chi connectivity index (χ0) is 8.84. The summed E-state index contributed by atoms with van der Waals surface area (Å²) in [5.41, 5.74) is 6.08. The zero-order valence-corrected chi connectivity index (χ0v) is 8.41. The van der Waals surface area contributed by atoms with Crippen molar-refractivity contribution >= 4 is 0 Å². The quantitative estimate of drug-likeness (QED) is 0.607. The zero-order valence-electron chi connectivity index (χ0n) is 8.41. The first-order valence-electron chi connectivity index (χ1n) is 6.08. The fourth-order valence-corrected chi connectivity index (χ4v) is 4.08. The molecule has 1 heteroatoms. The largest absolute Gasteiger partial charge is 0.328 e. The molecule has 2 bridgehead atoms. The summed E-state index contributed by atoms with van der Waals surface area (Å²) in [6, 6.07) is 0.526. The van der Waals surface area contributed by atoms with Crippen LogP contribution in [0.5, 0.6) is 0 Å². The summed E-state index contributed by atoms with van der Waals surface area (Å²) in [4.78, 5) is 0. The van der Waals surface area contributed by atoms with Crippen molar-refractivity contribution in [1.29, 1.82) is 0 Å². The van der Waals surface area contributed by atoms with E-state index in [1.54, 1.807) is 19.3 Å². The van der Waals surface area contributed by atoms with E-state index in [0.717, 1.165) is 23.7 Å². The van der Waals surface area contributed by atoms with Crippen LogP contribution in [0.2, 0.25) is 0 Å². The monoisotopic (exact) mass is 179 g/mol. The van der Waals surface area contributed by atoms with Crippen molar-refractivity contribution in [1.82, 2.24) is 0 Å². The van der Waals surface area contributed by atoms with E-state index in [4.69, 9.17) is 5.73 Å². The topological polar surface area (TPSA) is 26.0 Å². The molecule has 5 atom stereocenters. The van der Waals surface area contributed by atoms with Gasteiger partial charge in [0, 0.05) is 6.04 Å². The molecule has 0 aromatic rings. The van der Waals surface area contributed by atoms with Crippen LogP contribution < -0.4 is 5.73 Å². The first-order chi connectivity index (χ1) is 6.33. The molecule has 0 aromatic carbocycles. The highest BCUT2D eigenvalue weighted by atomic mass is 14.6. The highest BCUT2D eigenvalue weighted by Gasteiger charge is 2.47. The number of hydrogen-bond acceptors (Lipinski definition) is 1. The van der Waals surface area contributed by atoms with Gasteiger partial charge in [-0.1, -0.05) is 0 Å². The Bertz CT molecular complexity index is 195. The van der Waals surface area contributed by atoms with E-state index in [1.807, 2.05) is 0 Å². The van der Waals surface area contributed by atoms with Gasteiger partial charge in [0.25, 0.3) is 0 Å². The Morgan fingerprint density at radius 3 is 2.54 bits per heavy atom. The Kier molecular flexibility index (Phi) is 1.90. The van der Waals surface area contributed by atoms with Crippen LogP contribution in [-0.2, 0) is 0 Å². The number of nitrogens with two attached hydrogens (primary N) is 1. The van der Waals surface area contributed by atoms with Gasteiger partial charge in [-0.15, -0.1) is 0 Å². The van der Waals surface area contributed by atoms with Crippen LogP contribution in [0.4, 0.5) is 0 Å².